The van der Waals surface area contributed by atoms with Crippen LogP contribution in [0.15, 0.2) is 97.1 Å². The molecular weight excluding hydrogens is 516 g/mol. The van der Waals surface area contributed by atoms with Crippen LogP contribution in [0.5, 0.6) is 0 Å². The molecule has 0 amide bonds. The van der Waals surface area contributed by atoms with Crippen molar-refractivity contribution in [3.05, 3.63) is 142 Å². The first kappa shape index (κ1) is 26.9. The zero-order valence-corrected chi connectivity index (χ0v) is 23.5. The minimum atomic E-state index is -1.27. The molecule has 3 aliphatic rings. The third kappa shape index (κ3) is 4.35. The lowest BCUT2D eigenvalue weighted by atomic mass is 9.69. The summed E-state index contributed by atoms with van der Waals surface area (Å²) in [6.07, 6.45) is -2.44. The van der Waals surface area contributed by atoms with Gasteiger partial charge < -0.3 is 18.9 Å². The van der Waals surface area contributed by atoms with Crippen LogP contribution in [0.25, 0.3) is 0 Å². The van der Waals surface area contributed by atoms with Crippen molar-refractivity contribution in [3.8, 4) is 0 Å². The molecule has 0 fully saturated rings. The van der Waals surface area contributed by atoms with Crippen LogP contribution in [0.2, 0.25) is 0 Å². The molecule has 6 heteroatoms. The average Bonchev–Trinajstić information content (AvgIpc) is 3.16. The van der Waals surface area contributed by atoms with Crippen molar-refractivity contribution in [1.29, 1.82) is 0 Å². The molecule has 5 atom stereocenters. The van der Waals surface area contributed by atoms with E-state index in [-0.39, 0.29) is 0 Å². The van der Waals surface area contributed by atoms with Gasteiger partial charge in [0.05, 0.1) is 23.1 Å². The molecule has 3 unspecified atom stereocenters. The third-order valence-electron chi connectivity index (χ3n) is 8.39. The quantitative estimate of drug-likeness (QED) is 0.258. The molecule has 2 bridgehead atoms. The zero-order chi connectivity index (χ0) is 28.7. The van der Waals surface area contributed by atoms with Gasteiger partial charge in [-0.25, -0.2) is 9.59 Å². The van der Waals surface area contributed by atoms with Crippen molar-refractivity contribution >= 4 is 11.9 Å². The Hall–Kier alpha value is -4.26. The Labute approximate surface area is 239 Å². The van der Waals surface area contributed by atoms with E-state index in [2.05, 4.69) is 0 Å². The Morgan fingerprint density at radius 3 is 1.66 bits per heavy atom. The summed E-state index contributed by atoms with van der Waals surface area (Å²) in [5.74, 6) is -1.52. The highest BCUT2D eigenvalue weighted by Gasteiger charge is 2.63. The van der Waals surface area contributed by atoms with Gasteiger partial charge in [-0.1, -0.05) is 83.9 Å². The zero-order valence-electron chi connectivity index (χ0n) is 23.5. The van der Waals surface area contributed by atoms with E-state index in [0.717, 1.165) is 33.4 Å². The Balaban J connectivity index is 1.56. The maximum absolute atomic E-state index is 13.7. The molecule has 0 radical (unpaired) electrons. The molecule has 0 saturated heterocycles. The lowest BCUT2D eigenvalue weighted by Gasteiger charge is -2.48. The molecular formula is C35H32O6. The van der Waals surface area contributed by atoms with Crippen molar-refractivity contribution < 1.29 is 28.5 Å². The number of benzene rings is 4. The van der Waals surface area contributed by atoms with Crippen LogP contribution >= 0.6 is 0 Å². The first-order chi connectivity index (χ1) is 19.9. The van der Waals surface area contributed by atoms with Gasteiger partial charge in [-0.2, -0.15) is 0 Å². The first-order valence-corrected chi connectivity index (χ1v) is 13.7. The fraction of sp³-hybridized carbons (Fsp3) is 0.257. The maximum Gasteiger partial charge on any atom is 0.338 e. The Kier molecular flexibility index (Phi) is 6.98. The molecule has 4 aromatic rings. The van der Waals surface area contributed by atoms with Crippen molar-refractivity contribution in [2.75, 3.05) is 14.2 Å². The van der Waals surface area contributed by atoms with Crippen molar-refractivity contribution in [3.63, 3.8) is 0 Å². The number of methoxy groups -OCH3 is 2. The van der Waals surface area contributed by atoms with Gasteiger partial charge in [-0.05, 0) is 60.4 Å². The number of ether oxygens (including phenoxy) is 4. The number of hydrogen-bond donors (Lipinski definition) is 0. The lowest BCUT2D eigenvalue weighted by molar-refractivity contribution is -0.152. The molecule has 0 heterocycles. The van der Waals surface area contributed by atoms with Crippen molar-refractivity contribution in [1.82, 2.24) is 0 Å². The molecule has 0 saturated carbocycles. The summed E-state index contributed by atoms with van der Waals surface area (Å²) in [7, 11) is 3.25. The van der Waals surface area contributed by atoms with Crippen LogP contribution in [0.3, 0.4) is 0 Å². The number of carbonyl (C=O) groups excluding carboxylic acids is 2. The Morgan fingerprint density at radius 2 is 1.12 bits per heavy atom. The Bertz CT molecular complexity index is 1590. The molecule has 7 rings (SSSR count). The summed E-state index contributed by atoms with van der Waals surface area (Å²) in [5.41, 5.74) is 5.06. The fourth-order valence-electron chi connectivity index (χ4n) is 6.44. The second-order valence-electron chi connectivity index (χ2n) is 10.7. The van der Waals surface area contributed by atoms with Gasteiger partial charge in [0.25, 0.3) is 0 Å². The largest absolute Gasteiger partial charge is 0.454 e. The van der Waals surface area contributed by atoms with E-state index in [4.69, 9.17) is 18.9 Å². The van der Waals surface area contributed by atoms with Gasteiger partial charge in [-0.15, -0.1) is 0 Å². The third-order valence-corrected chi connectivity index (χ3v) is 8.39. The highest BCUT2D eigenvalue weighted by Crippen LogP contribution is 2.59. The fourth-order valence-corrected chi connectivity index (χ4v) is 6.44. The average molecular weight is 549 g/mol. The molecule has 0 spiro atoms. The van der Waals surface area contributed by atoms with Gasteiger partial charge in [0, 0.05) is 14.2 Å². The van der Waals surface area contributed by atoms with E-state index in [0.29, 0.717) is 11.1 Å². The molecule has 0 aliphatic heterocycles. The lowest BCUT2D eigenvalue weighted by Crippen LogP contribution is -2.57. The summed E-state index contributed by atoms with van der Waals surface area (Å²) in [6.45, 7) is 3.91. The van der Waals surface area contributed by atoms with Crippen LogP contribution in [0, 0.1) is 13.8 Å². The minimum absolute atomic E-state index is 0.399. The minimum Gasteiger partial charge on any atom is -0.454 e. The van der Waals surface area contributed by atoms with Gasteiger partial charge in [0.2, 0.25) is 0 Å². The summed E-state index contributed by atoms with van der Waals surface area (Å²) in [6, 6.07) is 30.2. The van der Waals surface area contributed by atoms with E-state index >= 15 is 0 Å². The molecule has 4 aromatic carbocycles. The van der Waals surface area contributed by atoms with Crippen LogP contribution in [0.4, 0.5) is 0 Å². The molecule has 0 aromatic heterocycles. The van der Waals surface area contributed by atoms with Crippen LogP contribution in [-0.4, -0.2) is 38.4 Å². The van der Waals surface area contributed by atoms with Crippen molar-refractivity contribution in [2.24, 2.45) is 0 Å². The summed E-state index contributed by atoms with van der Waals surface area (Å²) >= 11 is 0. The molecule has 0 N–H and O–H groups in total. The van der Waals surface area contributed by atoms with Gasteiger partial charge >= 0.3 is 11.9 Å². The number of rotatable bonds is 6. The standard InChI is InChI=1S/C35H32O6/c1-21-13-17-23(18-14-21)33(36)40-31-29-25-9-5-7-11-27(25)35(39-4,28-12-8-6-10-26(28)30(29)38-3)32(31)41-34(37)24-19-15-22(2)16-20-24/h5-20,29-32H,1-4H3/t29-,30?,31?,32?,35+/m0/s1. The van der Waals surface area contributed by atoms with E-state index in [1.807, 2.05) is 86.6 Å². The van der Waals surface area contributed by atoms with E-state index in [1.54, 1.807) is 38.5 Å². The SMILES string of the molecule is COC1c2ccccc2[C@]2(OC)c3ccccc3[C@@H]1C(OC(=O)c1ccc(C)cc1)C2OC(=O)c1ccc(C)cc1. The second kappa shape index (κ2) is 10.6. The topological polar surface area (TPSA) is 71.1 Å². The number of carbonyl (C=O) groups is 2. The maximum atomic E-state index is 13.7. The predicted molar refractivity (Wildman–Crippen MR) is 154 cm³/mol. The number of esters is 2. The van der Waals surface area contributed by atoms with E-state index in [1.165, 1.54) is 0 Å². The summed E-state index contributed by atoms with van der Waals surface area (Å²) < 4.78 is 25.4. The number of aryl methyl sites for hydroxylation is 2. The smallest absolute Gasteiger partial charge is 0.338 e. The highest BCUT2D eigenvalue weighted by molar-refractivity contribution is 5.91. The van der Waals surface area contributed by atoms with E-state index < -0.39 is 41.8 Å². The summed E-state index contributed by atoms with van der Waals surface area (Å²) in [5, 5.41) is 0. The number of hydrogen-bond acceptors (Lipinski definition) is 6. The second-order valence-corrected chi connectivity index (χ2v) is 10.7. The molecule has 3 aliphatic carbocycles. The Morgan fingerprint density at radius 1 is 0.634 bits per heavy atom. The highest BCUT2D eigenvalue weighted by atomic mass is 16.6. The van der Waals surface area contributed by atoms with E-state index in [9.17, 15) is 9.59 Å². The van der Waals surface area contributed by atoms with Crippen LogP contribution in [-0.2, 0) is 24.5 Å². The summed E-state index contributed by atoms with van der Waals surface area (Å²) in [4.78, 5) is 27.4. The number of fused-ring (bicyclic) bond motifs is 1. The van der Waals surface area contributed by atoms with Crippen LogP contribution in [0.1, 0.15) is 66.1 Å². The molecule has 41 heavy (non-hydrogen) atoms. The van der Waals surface area contributed by atoms with Gasteiger partial charge in [-0.3, -0.25) is 0 Å². The normalized spacial score (nSPS) is 24.1. The van der Waals surface area contributed by atoms with Crippen LogP contribution < -0.4 is 0 Å². The monoisotopic (exact) mass is 548 g/mol. The molecule has 208 valence electrons. The predicted octanol–water partition coefficient (Wildman–Crippen LogP) is 6.44. The van der Waals surface area contributed by atoms with Gasteiger partial charge in [0.1, 0.15) is 0 Å². The molecule has 6 nitrogen and oxygen atoms in total. The first-order valence-electron chi connectivity index (χ1n) is 13.7. The van der Waals surface area contributed by atoms with Crippen molar-refractivity contribution in [2.45, 2.75) is 43.7 Å². The van der Waals surface area contributed by atoms with Gasteiger partial charge in [0.15, 0.2) is 17.8 Å².